The van der Waals surface area contributed by atoms with Crippen molar-refractivity contribution in [3.63, 3.8) is 0 Å². The van der Waals surface area contributed by atoms with Crippen LogP contribution in [0.15, 0.2) is 67.1 Å². The van der Waals surface area contributed by atoms with E-state index in [1.54, 1.807) is 12.3 Å². The van der Waals surface area contributed by atoms with Crippen LogP contribution >= 0.6 is 0 Å². The zero-order chi connectivity index (χ0) is 22.2. The van der Waals surface area contributed by atoms with Crippen LogP contribution in [-0.2, 0) is 0 Å². The lowest BCUT2D eigenvalue weighted by Crippen LogP contribution is -2.10. The number of aromatic amines is 2. The van der Waals surface area contributed by atoms with E-state index in [0.29, 0.717) is 22.6 Å². The Labute approximate surface area is 184 Å². The highest BCUT2D eigenvalue weighted by atomic mass is 19.1. The maximum atomic E-state index is 13.5. The van der Waals surface area contributed by atoms with Gasteiger partial charge in [-0.05, 0) is 37.6 Å². The molecule has 5 aromatic rings. The van der Waals surface area contributed by atoms with Crippen molar-refractivity contribution in [2.24, 2.45) is 0 Å². The highest BCUT2D eigenvalue weighted by Crippen LogP contribution is 2.38. The average molecular weight is 427 g/mol. The summed E-state index contributed by atoms with van der Waals surface area (Å²) in [5.41, 5.74) is 6.19. The number of hydrogen-bond donors (Lipinski definition) is 4. The van der Waals surface area contributed by atoms with Crippen LogP contribution in [0.5, 0.6) is 5.75 Å². The number of phenolic OH excluding ortho intramolecular Hbond substituents is 1. The molecule has 0 fully saturated rings. The molecule has 1 unspecified atom stereocenters. The number of hydrogen-bond acceptors (Lipinski definition) is 4. The fourth-order valence-electron chi connectivity index (χ4n) is 4.10. The summed E-state index contributed by atoms with van der Waals surface area (Å²) in [4.78, 5) is 15.4. The second-order valence-corrected chi connectivity index (χ2v) is 7.82. The quantitative estimate of drug-likeness (QED) is 0.279. The Balaban J connectivity index is 1.57. The summed E-state index contributed by atoms with van der Waals surface area (Å²) in [6.45, 7) is 4.10. The Bertz CT molecular complexity index is 1410. The zero-order valence-electron chi connectivity index (χ0n) is 17.6. The van der Waals surface area contributed by atoms with Crippen molar-refractivity contribution >= 4 is 16.9 Å². The molecule has 0 aliphatic heterocycles. The molecule has 4 N–H and O–H groups in total. The fraction of sp³-hybridized carbons (Fsp3) is 0.120. The molecule has 2 aromatic carbocycles. The first-order chi connectivity index (χ1) is 15.5. The first kappa shape index (κ1) is 19.8. The molecule has 0 saturated heterocycles. The minimum atomic E-state index is -0.495. The first-order valence-electron chi connectivity index (χ1n) is 10.3. The van der Waals surface area contributed by atoms with Crippen molar-refractivity contribution in [3.8, 4) is 28.0 Å². The molecule has 7 heteroatoms. The molecule has 0 saturated carbocycles. The smallest absolute Gasteiger partial charge is 0.143 e. The van der Waals surface area contributed by atoms with Gasteiger partial charge in [-0.2, -0.15) is 0 Å². The SMILES string of the molecule is Cc1cc(-c2ccccc2)c(C(C)Nc2ncnc3[nH]cc(-c4ccc(F)cc4O)c23)[nH]1. The number of phenols is 1. The number of aryl methyl sites for hydroxylation is 1. The van der Waals surface area contributed by atoms with E-state index >= 15 is 0 Å². The van der Waals surface area contributed by atoms with Gasteiger partial charge in [0.2, 0.25) is 0 Å². The molecular weight excluding hydrogens is 405 g/mol. The van der Waals surface area contributed by atoms with Crippen LogP contribution in [0.3, 0.4) is 0 Å². The molecule has 6 nitrogen and oxygen atoms in total. The molecule has 0 aliphatic carbocycles. The van der Waals surface area contributed by atoms with Crippen LogP contribution in [0, 0.1) is 12.7 Å². The molecule has 3 aromatic heterocycles. The second-order valence-electron chi connectivity index (χ2n) is 7.82. The van der Waals surface area contributed by atoms with Gasteiger partial charge in [0.15, 0.2) is 0 Å². The van der Waals surface area contributed by atoms with E-state index in [1.807, 2.05) is 25.1 Å². The summed E-state index contributed by atoms with van der Waals surface area (Å²) in [6, 6.07) is 16.2. The Kier molecular flexibility index (Phi) is 4.86. The third-order valence-electron chi connectivity index (χ3n) is 5.57. The van der Waals surface area contributed by atoms with Gasteiger partial charge < -0.3 is 20.4 Å². The lowest BCUT2D eigenvalue weighted by atomic mass is 10.0. The number of anilines is 1. The van der Waals surface area contributed by atoms with E-state index in [4.69, 9.17) is 0 Å². The van der Waals surface area contributed by atoms with Crippen molar-refractivity contribution in [2.75, 3.05) is 5.32 Å². The highest BCUT2D eigenvalue weighted by molar-refractivity contribution is 6.02. The molecule has 0 spiro atoms. The Morgan fingerprint density at radius 2 is 1.81 bits per heavy atom. The van der Waals surface area contributed by atoms with Gasteiger partial charge in [-0.3, -0.25) is 0 Å². The van der Waals surface area contributed by atoms with Gasteiger partial charge in [0.25, 0.3) is 0 Å². The fourth-order valence-corrected chi connectivity index (χ4v) is 4.10. The summed E-state index contributed by atoms with van der Waals surface area (Å²) in [7, 11) is 0. The minimum absolute atomic E-state index is 0.0958. The standard InChI is InChI=1S/C25H22FN5O/c1-14-10-19(16-6-4-3-5-7-16)23(30-14)15(2)31-25-22-20(12-27-24(22)28-13-29-25)18-9-8-17(26)11-21(18)32/h3-13,15,30,32H,1-2H3,(H2,27,28,29,31). The van der Waals surface area contributed by atoms with Crippen molar-refractivity contribution in [1.82, 2.24) is 19.9 Å². The van der Waals surface area contributed by atoms with E-state index in [0.717, 1.165) is 34.0 Å². The van der Waals surface area contributed by atoms with E-state index in [9.17, 15) is 9.50 Å². The van der Waals surface area contributed by atoms with Gasteiger partial charge in [-0.15, -0.1) is 0 Å². The minimum Gasteiger partial charge on any atom is -0.507 e. The summed E-state index contributed by atoms with van der Waals surface area (Å²) in [6.07, 6.45) is 3.23. The van der Waals surface area contributed by atoms with E-state index in [1.165, 1.54) is 12.4 Å². The van der Waals surface area contributed by atoms with E-state index < -0.39 is 5.82 Å². The predicted molar refractivity (Wildman–Crippen MR) is 124 cm³/mol. The molecule has 5 rings (SSSR count). The van der Waals surface area contributed by atoms with Gasteiger partial charge in [0.05, 0.1) is 11.4 Å². The van der Waals surface area contributed by atoms with Crippen LogP contribution in [0.1, 0.15) is 24.4 Å². The van der Waals surface area contributed by atoms with Crippen LogP contribution in [0.4, 0.5) is 10.2 Å². The maximum Gasteiger partial charge on any atom is 0.143 e. The van der Waals surface area contributed by atoms with Gasteiger partial charge in [-0.25, -0.2) is 14.4 Å². The van der Waals surface area contributed by atoms with E-state index in [-0.39, 0.29) is 11.8 Å². The molecule has 160 valence electrons. The molecule has 32 heavy (non-hydrogen) atoms. The number of nitrogens with zero attached hydrogens (tertiary/aromatic N) is 2. The Morgan fingerprint density at radius 3 is 2.59 bits per heavy atom. The number of benzene rings is 2. The van der Waals surface area contributed by atoms with Gasteiger partial charge >= 0.3 is 0 Å². The lowest BCUT2D eigenvalue weighted by Gasteiger charge is -2.17. The molecule has 0 bridgehead atoms. The number of halogens is 1. The maximum absolute atomic E-state index is 13.5. The number of rotatable bonds is 5. The summed E-state index contributed by atoms with van der Waals surface area (Å²) in [5.74, 6) is -0.0151. The largest absolute Gasteiger partial charge is 0.507 e. The average Bonchev–Trinajstić information content (AvgIpc) is 3.39. The monoisotopic (exact) mass is 427 g/mol. The molecular formula is C25H22FN5O. The molecule has 0 radical (unpaired) electrons. The second kappa shape index (κ2) is 7.85. The first-order valence-corrected chi connectivity index (χ1v) is 10.3. The van der Waals surface area contributed by atoms with Crippen LogP contribution in [0.25, 0.3) is 33.3 Å². The lowest BCUT2D eigenvalue weighted by molar-refractivity contribution is 0.471. The number of nitrogens with one attached hydrogen (secondary N) is 3. The van der Waals surface area contributed by atoms with Gasteiger partial charge in [-0.1, -0.05) is 30.3 Å². The summed E-state index contributed by atoms with van der Waals surface area (Å²) < 4.78 is 13.5. The number of fused-ring (bicyclic) bond motifs is 1. The Morgan fingerprint density at radius 1 is 1.00 bits per heavy atom. The number of aromatic nitrogens is 4. The van der Waals surface area contributed by atoms with Crippen LogP contribution in [-0.4, -0.2) is 25.0 Å². The Hall–Kier alpha value is -4.13. The van der Waals surface area contributed by atoms with E-state index in [2.05, 4.69) is 50.4 Å². The molecule has 0 aliphatic rings. The van der Waals surface area contributed by atoms with Crippen molar-refractivity contribution in [3.05, 3.63) is 84.3 Å². The topological polar surface area (TPSA) is 89.6 Å². The molecule has 1 atom stereocenters. The van der Waals surface area contributed by atoms with Crippen molar-refractivity contribution in [1.29, 1.82) is 0 Å². The summed E-state index contributed by atoms with van der Waals surface area (Å²) >= 11 is 0. The highest BCUT2D eigenvalue weighted by Gasteiger charge is 2.20. The summed E-state index contributed by atoms with van der Waals surface area (Å²) in [5, 5.41) is 14.5. The molecule has 3 heterocycles. The van der Waals surface area contributed by atoms with Crippen LogP contribution < -0.4 is 5.32 Å². The normalized spacial score (nSPS) is 12.2. The van der Waals surface area contributed by atoms with Gasteiger partial charge in [0, 0.05) is 40.3 Å². The van der Waals surface area contributed by atoms with Crippen molar-refractivity contribution in [2.45, 2.75) is 19.9 Å². The predicted octanol–water partition coefficient (Wildman–Crippen LogP) is 5.95. The van der Waals surface area contributed by atoms with Crippen LogP contribution in [0.2, 0.25) is 0 Å². The van der Waals surface area contributed by atoms with Gasteiger partial charge in [0.1, 0.15) is 29.4 Å². The third-order valence-corrected chi connectivity index (χ3v) is 5.57. The third kappa shape index (κ3) is 3.47. The van der Waals surface area contributed by atoms with Crippen molar-refractivity contribution < 1.29 is 9.50 Å². The number of H-pyrrole nitrogens is 2. The molecule has 0 amide bonds. The zero-order valence-corrected chi connectivity index (χ0v) is 17.6. The number of aromatic hydroxyl groups is 1.